The molecule has 0 aliphatic rings. The van der Waals surface area contributed by atoms with Crippen LogP contribution in [0.3, 0.4) is 0 Å². The van der Waals surface area contributed by atoms with E-state index in [0.717, 1.165) is 11.6 Å². The molecule has 0 fully saturated rings. The van der Waals surface area contributed by atoms with Crippen LogP contribution in [0.15, 0.2) is 29.8 Å². The van der Waals surface area contributed by atoms with Gasteiger partial charge in [0.2, 0.25) is 0 Å². The van der Waals surface area contributed by atoms with Crippen LogP contribution in [0.1, 0.15) is 19.4 Å². The van der Waals surface area contributed by atoms with Gasteiger partial charge in [-0.1, -0.05) is 28.7 Å². The van der Waals surface area contributed by atoms with Crippen LogP contribution in [-0.2, 0) is 0 Å². The molecule has 6 heteroatoms. The third kappa shape index (κ3) is 5.93. The maximum Gasteiger partial charge on any atom is 1.00 e. The van der Waals surface area contributed by atoms with Crippen molar-refractivity contribution in [3.63, 3.8) is 0 Å². The van der Waals surface area contributed by atoms with Gasteiger partial charge in [0.05, 0.1) is 5.75 Å². The van der Waals surface area contributed by atoms with Gasteiger partial charge in [-0.3, -0.25) is 0 Å². The molecule has 0 saturated heterocycles. The topological polar surface area (TPSA) is 9.23 Å². The molecule has 0 aromatic heterocycles. The van der Waals surface area contributed by atoms with Crippen LogP contribution in [-0.4, -0.2) is 13.6 Å². The zero-order valence-electron chi connectivity index (χ0n) is 11.1. The normalized spacial score (nSPS) is 10.6. The Morgan fingerprint density at radius 2 is 1.89 bits per heavy atom. The summed E-state index contributed by atoms with van der Waals surface area (Å²) in [5.41, 5.74) is 0.928. The SMILES string of the molecule is CC(C)=CCOc1ccc(C)cc1[B-](F)(F)F.[K+]. The summed E-state index contributed by atoms with van der Waals surface area (Å²) in [6.07, 6.45) is 1.74. The predicted octanol–water partition coefficient (Wildman–Crippen LogP) is 0.398. The molecule has 0 bridgehead atoms. The number of halogens is 3. The molecular weight excluding hydrogens is 267 g/mol. The Morgan fingerprint density at radius 1 is 1.28 bits per heavy atom. The van der Waals surface area contributed by atoms with E-state index in [1.807, 2.05) is 13.8 Å². The Bertz CT molecular complexity index is 426. The minimum absolute atomic E-state index is 0. The summed E-state index contributed by atoms with van der Waals surface area (Å²) in [7, 11) is 0. The van der Waals surface area contributed by atoms with E-state index < -0.39 is 12.4 Å². The molecule has 0 N–H and O–H groups in total. The first-order chi connectivity index (χ1) is 7.80. The largest absolute Gasteiger partial charge is 1.00 e. The average Bonchev–Trinajstić information content (AvgIpc) is 2.18. The van der Waals surface area contributed by atoms with Crippen LogP contribution >= 0.6 is 0 Å². The van der Waals surface area contributed by atoms with E-state index >= 15 is 0 Å². The number of hydrogen-bond acceptors (Lipinski definition) is 1. The van der Waals surface area contributed by atoms with Gasteiger partial charge in [0.15, 0.2) is 0 Å². The first-order valence-electron chi connectivity index (χ1n) is 5.37. The van der Waals surface area contributed by atoms with Crippen LogP contribution < -0.4 is 61.6 Å². The number of ether oxygens (including phenoxy) is 1. The molecule has 0 radical (unpaired) electrons. The van der Waals surface area contributed by atoms with Crippen molar-refractivity contribution in [2.45, 2.75) is 20.8 Å². The Labute approximate surface area is 148 Å². The third-order valence-corrected chi connectivity index (χ3v) is 2.25. The molecule has 1 aromatic rings. The van der Waals surface area contributed by atoms with Crippen molar-refractivity contribution < 1.29 is 69.1 Å². The molecule has 0 heterocycles. The van der Waals surface area contributed by atoms with E-state index in [2.05, 4.69) is 0 Å². The molecule has 0 aliphatic heterocycles. The van der Waals surface area contributed by atoms with Gasteiger partial charge in [-0.05, 0) is 32.9 Å². The zero-order chi connectivity index (χ0) is 13.1. The quantitative estimate of drug-likeness (QED) is 0.574. The smallest absolute Gasteiger partial charge is 0.493 e. The van der Waals surface area contributed by atoms with E-state index in [-0.39, 0.29) is 63.7 Å². The van der Waals surface area contributed by atoms with Crippen LogP contribution in [0.4, 0.5) is 12.9 Å². The van der Waals surface area contributed by atoms with E-state index in [0.29, 0.717) is 5.56 Å². The Hall–Kier alpha value is 0.251. The molecule has 0 unspecified atom stereocenters. The number of allylic oxidation sites excluding steroid dienone is 1. The molecule has 1 aromatic carbocycles. The summed E-state index contributed by atoms with van der Waals surface area (Å²) in [6.45, 7) is 0.489. The molecule has 0 amide bonds. The molecule has 18 heavy (non-hydrogen) atoms. The maximum atomic E-state index is 12.8. The summed E-state index contributed by atoms with van der Waals surface area (Å²) < 4.78 is 43.5. The number of hydrogen-bond donors (Lipinski definition) is 0. The minimum atomic E-state index is -5.03. The molecule has 1 nitrogen and oxygen atoms in total. The van der Waals surface area contributed by atoms with E-state index in [4.69, 9.17) is 4.74 Å². The van der Waals surface area contributed by atoms with Crippen LogP contribution in [0.2, 0.25) is 0 Å². The Morgan fingerprint density at radius 3 is 2.39 bits per heavy atom. The molecule has 0 aliphatic carbocycles. The second-order valence-electron chi connectivity index (χ2n) is 4.21. The predicted molar refractivity (Wildman–Crippen MR) is 64.8 cm³/mol. The van der Waals surface area contributed by atoms with Gasteiger partial charge in [-0.15, -0.1) is 0 Å². The Kier molecular flexibility index (Phi) is 7.86. The summed E-state index contributed by atoms with van der Waals surface area (Å²) >= 11 is 0. The van der Waals surface area contributed by atoms with E-state index in [1.54, 1.807) is 19.1 Å². The van der Waals surface area contributed by atoms with Crippen molar-refractivity contribution >= 4 is 12.4 Å². The Balaban J connectivity index is 0.00000289. The monoisotopic (exact) mass is 282 g/mol. The first kappa shape index (κ1) is 18.3. The fraction of sp³-hybridized carbons (Fsp3) is 0.333. The van der Waals surface area contributed by atoms with Crippen molar-refractivity contribution in [1.29, 1.82) is 0 Å². The summed E-state index contributed by atoms with van der Waals surface area (Å²) in [5, 5.41) is 0. The standard InChI is InChI=1S/C12H15BF3O.K/c1-9(2)6-7-17-12-5-4-10(3)8-11(12)13(14,15)16;/h4-6,8H,7H2,1-3H3;/q-1;+1. The van der Waals surface area contributed by atoms with Gasteiger partial charge in [0.25, 0.3) is 0 Å². The van der Waals surface area contributed by atoms with Gasteiger partial charge in [-0.25, -0.2) is 0 Å². The van der Waals surface area contributed by atoms with Gasteiger partial charge in [0.1, 0.15) is 6.61 Å². The van der Waals surface area contributed by atoms with E-state index in [9.17, 15) is 12.9 Å². The van der Waals surface area contributed by atoms with Gasteiger partial charge in [-0.2, -0.15) is 0 Å². The zero-order valence-corrected chi connectivity index (χ0v) is 14.3. The second kappa shape index (κ2) is 7.75. The fourth-order valence-electron chi connectivity index (χ4n) is 1.35. The van der Waals surface area contributed by atoms with Crippen LogP contribution in [0.5, 0.6) is 5.75 Å². The maximum absolute atomic E-state index is 12.8. The van der Waals surface area contributed by atoms with Crippen molar-refractivity contribution in [3.05, 3.63) is 35.4 Å². The summed E-state index contributed by atoms with van der Waals surface area (Å²) in [4.78, 5) is 0. The minimum Gasteiger partial charge on any atom is -0.493 e. The second-order valence-corrected chi connectivity index (χ2v) is 4.21. The van der Waals surface area contributed by atoms with Crippen molar-refractivity contribution in [2.75, 3.05) is 6.61 Å². The van der Waals surface area contributed by atoms with Crippen LogP contribution in [0.25, 0.3) is 0 Å². The molecule has 0 atom stereocenters. The average molecular weight is 282 g/mol. The summed E-state index contributed by atoms with van der Waals surface area (Å²) in [5.74, 6) is -0.0967. The molecule has 94 valence electrons. The van der Waals surface area contributed by atoms with E-state index in [1.165, 1.54) is 6.07 Å². The molecule has 1 rings (SSSR count). The van der Waals surface area contributed by atoms with Gasteiger partial charge < -0.3 is 17.7 Å². The van der Waals surface area contributed by atoms with Crippen LogP contribution in [0, 0.1) is 6.92 Å². The number of aryl methyl sites for hydroxylation is 1. The van der Waals surface area contributed by atoms with Crippen molar-refractivity contribution in [1.82, 2.24) is 0 Å². The van der Waals surface area contributed by atoms with Crippen molar-refractivity contribution in [2.24, 2.45) is 0 Å². The van der Waals surface area contributed by atoms with Gasteiger partial charge in [0, 0.05) is 0 Å². The fourth-order valence-corrected chi connectivity index (χ4v) is 1.35. The summed E-state index contributed by atoms with van der Waals surface area (Å²) in [6, 6.07) is 4.11. The van der Waals surface area contributed by atoms with Crippen molar-refractivity contribution in [3.8, 4) is 5.75 Å². The number of rotatable bonds is 4. The molecule has 0 spiro atoms. The third-order valence-electron chi connectivity index (χ3n) is 2.25. The van der Waals surface area contributed by atoms with Gasteiger partial charge >= 0.3 is 58.4 Å². The first-order valence-corrected chi connectivity index (χ1v) is 5.37. The molecule has 0 saturated carbocycles. The molecular formula is C12H15BF3KO. The number of benzene rings is 1.